The molecule has 0 radical (unpaired) electrons. The highest BCUT2D eigenvalue weighted by molar-refractivity contribution is 7.92. The van der Waals surface area contributed by atoms with Crippen molar-refractivity contribution in [2.75, 3.05) is 10.0 Å². The van der Waals surface area contributed by atoms with Crippen LogP contribution >= 0.6 is 0 Å². The molecule has 0 unspecified atom stereocenters. The minimum absolute atomic E-state index is 0.116. The summed E-state index contributed by atoms with van der Waals surface area (Å²) in [5.41, 5.74) is 3.24. The van der Waals surface area contributed by atoms with E-state index in [2.05, 4.69) is 25.3 Å². The van der Waals surface area contributed by atoms with Gasteiger partial charge >= 0.3 is 0 Å². The number of carbonyl (C=O) groups is 1. The lowest BCUT2D eigenvalue weighted by atomic mass is 10.2. The summed E-state index contributed by atoms with van der Waals surface area (Å²) in [4.78, 5) is 11.3. The average molecular weight is 493 g/mol. The van der Waals surface area contributed by atoms with Gasteiger partial charge in [-0.15, -0.1) is 10.2 Å². The second-order valence-electron chi connectivity index (χ2n) is 7.96. The third kappa shape index (κ3) is 5.64. The molecule has 35 heavy (non-hydrogen) atoms. The van der Waals surface area contributed by atoms with Crippen LogP contribution < -0.4 is 14.8 Å². The molecule has 0 atom stereocenters. The lowest BCUT2D eigenvalue weighted by molar-refractivity contribution is -0.114. The van der Waals surface area contributed by atoms with Gasteiger partial charge in [-0.3, -0.25) is 9.52 Å². The fourth-order valence-electron chi connectivity index (χ4n) is 3.50. The molecule has 2 aromatic carbocycles. The maximum Gasteiger partial charge on any atom is 0.262 e. The number of benzene rings is 2. The summed E-state index contributed by atoms with van der Waals surface area (Å²) >= 11 is 0. The van der Waals surface area contributed by atoms with Gasteiger partial charge < -0.3 is 10.1 Å². The van der Waals surface area contributed by atoms with Crippen LogP contribution in [0.5, 0.6) is 11.6 Å². The van der Waals surface area contributed by atoms with Crippen molar-refractivity contribution in [2.24, 2.45) is 0 Å². The second-order valence-corrected chi connectivity index (χ2v) is 9.61. The Kier molecular flexibility index (Phi) is 6.52. The molecule has 180 valence electrons. The summed E-state index contributed by atoms with van der Waals surface area (Å²) in [6.45, 7) is 6.89. The molecular formula is C24H24N6O4S. The molecule has 0 saturated heterocycles. The summed E-state index contributed by atoms with van der Waals surface area (Å²) in [7, 11) is -3.83. The van der Waals surface area contributed by atoms with Gasteiger partial charge in [-0.1, -0.05) is 0 Å². The highest BCUT2D eigenvalue weighted by atomic mass is 32.2. The lowest BCUT2D eigenvalue weighted by Crippen LogP contribution is -2.14. The summed E-state index contributed by atoms with van der Waals surface area (Å²) in [5, 5.41) is 15.3. The van der Waals surface area contributed by atoms with Gasteiger partial charge in [0.1, 0.15) is 5.75 Å². The van der Waals surface area contributed by atoms with Gasteiger partial charge in [0, 0.05) is 30.1 Å². The Labute approximate surface area is 203 Å². The number of nitrogens with zero attached hydrogens (tertiary/aromatic N) is 4. The number of carbonyl (C=O) groups excluding carboxylic acids is 1. The number of hydrogen-bond acceptors (Lipinski definition) is 7. The van der Waals surface area contributed by atoms with E-state index in [9.17, 15) is 13.2 Å². The highest BCUT2D eigenvalue weighted by Gasteiger charge is 2.17. The molecule has 0 aliphatic heterocycles. The Morgan fingerprint density at radius 3 is 2.20 bits per heavy atom. The Morgan fingerprint density at radius 1 is 0.914 bits per heavy atom. The van der Waals surface area contributed by atoms with Gasteiger partial charge in [-0.05, 0) is 80.9 Å². The van der Waals surface area contributed by atoms with Gasteiger partial charge in [0.15, 0.2) is 5.82 Å². The molecule has 0 fully saturated rings. The Hall–Kier alpha value is -4.25. The van der Waals surface area contributed by atoms with E-state index in [1.54, 1.807) is 60.1 Å². The van der Waals surface area contributed by atoms with Crippen LogP contribution in [0.1, 0.15) is 23.9 Å². The van der Waals surface area contributed by atoms with Crippen LogP contribution in [0.2, 0.25) is 0 Å². The van der Waals surface area contributed by atoms with Crippen LogP contribution in [0.4, 0.5) is 11.4 Å². The van der Waals surface area contributed by atoms with Crippen LogP contribution in [-0.4, -0.2) is 34.3 Å². The summed E-state index contributed by atoms with van der Waals surface area (Å²) in [6.07, 6.45) is 0. The zero-order chi connectivity index (χ0) is 25.2. The predicted molar refractivity (Wildman–Crippen MR) is 131 cm³/mol. The number of amides is 1. The number of aryl methyl sites for hydroxylation is 3. The van der Waals surface area contributed by atoms with Gasteiger partial charge in [-0.25, -0.2) is 13.1 Å². The van der Waals surface area contributed by atoms with Crippen molar-refractivity contribution in [1.29, 1.82) is 0 Å². The SMILES string of the molecule is CC(=O)Nc1ccc(S(=O)(=O)Nc2ccc(Oc3ccc(-n4nc(C)cc4C)nn3)cc2)c(C)c1. The maximum absolute atomic E-state index is 12.9. The summed E-state index contributed by atoms with van der Waals surface area (Å²) in [6, 6.07) is 16.4. The van der Waals surface area contributed by atoms with E-state index in [1.165, 1.54) is 13.0 Å². The molecule has 0 bridgehead atoms. The lowest BCUT2D eigenvalue weighted by Gasteiger charge is -2.12. The molecule has 2 N–H and O–H groups in total. The van der Waals surface area contributed by atoms with Crippen molar-refractivity contribution < 1.29 is 17.9 Å². The van der Waals surface area contributed by atoms with Crippen molar-refractivity contribution in [2.45, 2.75) is 32.6 Å². The topological polar surface area (TPSA) is 128 Å². The first-order valence-corrected chi connectivity index (χ1v) is 12.2. The number of sulfonamides is 1. The average Bonchev–Trinajstić information content (AvgIpc) is 3.12. The van der Waals surface area contributed by atoms with Crippen LogP contribution in [0.25, 0.3) is 5.82 Å². The molecule has 1 amide bonds. The fraction of sp³-hybridized carbons (Fsp3) is 0.167. The minimum Gasteiger partial charge on any atom is -0.438 e. The fourth-order valence-corrected chi connectivity index (χ4v) is 4.78. The van der Waals surface area contributed by atoms with Crippen molar-refractivity contribution in [3.05, 3.63) is 77.6 Å². The summed E-state index contributed by atoms with van der Waals surface area (Å²) in [5.74, 6) is 1.11. The Morgan fingerprint density at radius 2 is 1.63 bits per heavy atom. The molecule has 0 aliphatic rings. The van der Waals surface area contributed by atoms with Crippen molar-refractivity contribution in [3.63, 3.8) is 0 Å². The summed E-state index contributed by atoms with van der Waals surface area (Å²) < 4.78 is 35.7. The zero-order valence-corrected chi connectivity index (χ0v) is 20.4. The van der Waals surface area contributed by atoms with Crippen LogP contribution in [-0.2, 0) is 14.8 Å². The molecule has 2 heterocycles. The molecule has 2 aromatic heterocycles. The minimum atomic E-state index is -3.83. The molecule has 11 heteroatoms. The third-order valence-electron chi connectivity index (χ3n) is 4.97. The normalized spacial score (nSPS) is 11.2. The van der Waals surface area contributed by atoms with Gasteiger partial charge in [-0.2, -0.15) is 5.10 Å². The number of anilines is 2. The number of nitrogens with one attached hydrogen (secondary N) is 2. The quantitative estimate of drug-likeness (QED) is 0.397. The number of hydrogen-bond donors (Lipinski definition) is 2. The second kappa shape index (κ2) is 9.55. The smallest absolute Gasteiger partial charge is 0.262 e. The molecule has 0 saturated carbocycles. The zero-order valence-electron chi connectivity index (χ0n) is 19.6. The van der Waals surface area contributed by atoms with E-state index in [-0.39, 0.29) is 10.8 Å². The van der Waals surface area contributed by atoms with Gasteiger partial charge in [0.05, 0.1) is 10.6 Å². The standard InChI is InChI=1S/C24H24N6O4S/c1-15-13-20(25-18(4)31)7-10-22(15)35(32,33)29-19-5-8-21(9-6-19)34-24-12-11-23(26-27-24)30-17(3)14-16(2)28-30/h5-14,29H,1-4H3,(H,25,31). The van der Waals surface area contributed by atoms with Crippen molar-refractivity contribution in [1.82, 2.24) is 20.0 Å². The van der Waals surface area contributed by atoms with Crippen LogP contribution in [0, 0.1) is 20.8 Å². The van der Waals surface area contributed by atoms with E-state index in [0.717, 1.165) is 11.4 Å². The molecule has 10 nitrogen and oxygen atoms in total. The first kappa shape index (κ1) is 23.9. The van der Waals surface area contributed by atoms with E-state index in [4.69, 9.17) is 4.74 Å². The van der Waals surface area contributed by atoms with Gasteiger partial charge in [0.25, 0.3) is 10.0 Å². The third-order valence-corrected chi connectivity index (χ3v) is 6.51. The van der Waals surface area contributed by atoms with Crippen LogP contribution in [0.15, 0.2) is 65.6 Å². The molecule has 0 aliphatic carbocycles. The number of rotatable bonds is 7. The van der Waals surface area contributed by atoms with E-state index < -0.39 is 10.0 Å². The van der Waals surface area contributed by atoms with E-state index in [0.29, 0.717) is 34.4 Å². The molecular weight excluding hydrogens is 468 g/mol. The molecule has 4 rings (SSSR count). The number of aromatic nitrogens is 4. The Balaban J connectivity index is 1.43. The van der Waals surface area contributed by atoms with Gasteiger partial charge in [0.2, 0.25) is 11.8 Å². The van der Waals surface area contributed by atoms with Crippen molar-refractivity contribution >= 4 is 27.3 Å². The van der Waals surface area contributed by atoms with E-state index >= 15 is 0 Å². The largest absolute Gasteiger partial charge is 0.438 e. The monoisotopic (exact) mass is 492 g/mol. The molecule has 4 aromatic rings. The first-order chi connectivity index (χ1) is 16.6. The number of ether oxygens (including phenoxy) is 1. The predicted octanol–water partition coefficient (Wildman–Crippen LogP) is 4.14. The first-order valence-electron chi connectivity index (χ1n) is 10.7. The van der Waals surface area contributed by atoms with Crippen molar-refractivity contribution in [3.8, 4) is 17.4 Å². The van der Waals surface area contributed by atoms with Crippen LogP contribution in [0.3, 0.4) is 0 Å². The Bertz CT molecular complexity index is 1480. The highest BCUT2D eigenvalue weighted by Crippen LogP contribution is 2.25. The molecule has 0 spiro atoms. The van der Waals surface area contributed by atoms with E-state index in [1.807, 2.05) is 19.9 Å². The maximum atomic E-state index is 12.9.